The molecule has 2 heterocycles. The van der Waals surface area contributed by atoms with Gasteiger partial charge in [0.15, 0.2) is 0 Å². The molecule has 3 rings (SSSR count). The summed E-state index contributed by atoms with van der Waals surface area (Å²) in [4.78, 5) is 7.36. The normalized spacial score (nSPS) is 16.1. The third-order valence-corrected chi connectivity index (χ3v) is 5.12. The van der Waals surface area contributed by atoms with E-state index in [4.69, 9.17) is 0 Å². The number of fused-ring (bicyclic) bond motifs is 1. The largest absolute Gasteiger partial charge is 0.309 e. The van der Waals surface area contributed by atoms with Crippen molar-refractivity contribution in [2.24, 2.45) is 0 Å². The third kappa shape index (κ3) is 2.58. The number of aromatic nitrogens is 1. The van der Waals surface area contributed by atoms with Gasteiger partial charge >= 0.3 is 0 Å². The van der Waals surface area contributed by atoms with Gasteiger partial charge in [-0.3, -0.25) is 4.98 Å². The van der Waals surface area contributed by atoms with Crippen LogP contribution in [0.3, 0.4) is 0 Å². The van der Waals surface area contributed by atoms with E-state index in [0.29, 0.717) is 0 Å². The predicted molar refractivity (Wildman–Crippen MR) is 80.8 cm³/mol. The highest BCUT2D eigenvalue weighted by Crippen LogP contribution is 2.35. The Morgan fingerprint density at radius 2 is 2.05 bits per heavy atom. The van der Waals surface area contributed by atoms with Gasteiger partial charge in [0.25, 0.3) is 0 Å². The first-order chi connectivity index (χ1) is 9.28. The van der Waals surface area contributed by atoms with Crippen LogP contribution in [0.4, 0.5) is 0 Å². The fourth-order valence-corrected chi connectivity index (χ4v) is 4.26. The maximum absolute atomic E-state index is 4.33. The Hall–Kier alpha value is -1.19. The summed E-state index contributed by atoms with van der Waals surface area (Å²) < 4.78 is 0. The van der Waals surface area contributed by atoms with Crippen molar-refractivity contribution >= 4 is 11.3 Å². The van der Waals surface area contributed by atoms with Gasteiger partial charge in [-0.15, -0.1) is 11.3 Å². The first-order valence-electron chi connectivity index (χ1n) is 6.98. The summed E-state index contributed by atoms with van der Waals surface area (Å²) in [6.45, 7) is 2.10. The SMILES string of the molecule is CNC(c1cncc(C)c1)c1cc2c(s1)CCCC2. The molecule has 1 aliphatic carbocycles. The molecule has 100 valence electrons. The average Bonchev–Trinajstić information content (AvgIpc) is 2.83. The molecule has 0 amide bonds. The molecule has 19 heavy (non-hydrogen) atoms. The molecule has 1 atom stereocenters. The Balaban J connectivity index is 1.96. The molecule has 0 aliphatic heterocycles. The minimum atomic E-state index is 0.281. The van der Waals surface area contributed by atoms with Crippen molar-refractivity contribution in [3.8, 4) is 0 Å². The van der Waals surface area contributed by atoms with E-state index < -0.39 is 0 Å². The monoisotopic (exact) mass is 272 g/mol. The number of thiophene rings is 1. The summed E-state index contributed by atoms with van der Waals surface area (Å²) in [6.07, 6.45) is 9.11. The van der Waals surface area contributed by atoms with Crippen LogP contribution in [0.5, 0.6) is 0 Å². The number of nitrogens with zero attached hydrogens (tertiary/aromatic N) is 1. The second kappa shape index (κ2) is 5.43. The first-order valence-corrected chi connectivity index (χ1v) is 7.80. The molecule has 2 aromatic rings. The first kappa shape index (κ1) is 12.8. The third-order valence-electron chi connectivity index (χ3n) is 3.82. The van der Waals surface area contributed by atoms with Gasteiger partial charge in [0.2, 0.25) is 0 Å². The lowest BCUT2D eigenvalue weighted by molar-refractivity contribution is 0.690. The number of nitrogens with one attached hydrogen (secondary N) is 1. The summed E-state index contributed by atoms with van der Waals surface area (Å²) in [6, 6.07) is 4.92. The van der Waals surface area contributed by atoms with Crippen LogP contribution in [0.2, 0.25) is 0 Å². The fourth-order valence-electron chi connectivity index (χ4n) is 2.87. The minimum absolute atomic E-state index is 0.281. The van der Waals surface area contributed by atoms with Crippen molar-refractivity contribution in [1.29, 1.82) is 0 Å². The lowest BCUT2D eigenvalue weighted by Crippen LogP contribution is -2.16. The van der Waals surface area contributed by atoms with Gasteiger partial charge < -0.3 is 5.32 Å². The highest BCUT2D eigenvalue weighted by Gasteiger charge is 2.19. The molecule has 0 fully saturated rings. The molecule has 0 spiro atoms. The van der Waals surface area contributed by atoms with Crippen LogP contribution in [0.25, 0.3) is 0 Å². The van der Waals surface area contributed by atoms with E-state index in [1.54, 1.807) is 10.4 Å². The van der Waals surface area contributed by atoms with E-state index in [1.807, 2.05) is 30.8 Å². The number of aryl methyl sites for hydroxylation is 3. The highest BCUT2D eigenvalue weighted by molar-refractivity contribution is 7.12. The van der Waals surface area contributed by atoms with E-state index in [2.05, 4.69) is 29.4 Å². The van der Waals surface area contributed by atoms with Crippen LogP contribution in [-0.2, 0) is 12.8 Å². The Labute approximate surface area is 118 Å². The Kier molecular flexibility index (Phi) is 3.67. The standard InChI is InChI=1S/C16H20N2S/c1-11-7-13(10-18-9-11)16(17-2)15-8-12-5-3-4-6-14(12)19-15/h7-10,16-17H,3-6H2,1-2H3. The van der Waals surface area contributed by atoms with E-state index in [1.165, 1.54) is 41.7 Å². The average molecular weight is 272 g/mol. The van der Waals surface area contributed by atoms with E-state index in [9.17, 15) is 0 Å². The van der Waals surface area contributed by atoms with Crippen LogP contribution in [0.1, 0.15) is 45.3 Å². The lowest BCUT2D eigenvalue weighted by atomic mass is 9.98. The van der Waals surface area contributed by atoms with Crippen molar-refractivity contribution in [2.45, 2.75) is 38.6 Å². The second-order valence-electron chi connectivity index (χ2n) is 5.32. The number of pyridine rings is 1. The molecule has 3 heteroatoms. The quantitative estimate of drug-likeness (QED) is 0.922. The molecule has 1 unspecified atom stereocenters. The van der Waals surface area contributed by atoms with Crippen molar-refractivity contribution in [3.63, 3.8) is 0 Å². The molecule has 0 saturated heterocycles. The summed E-state index contributed by atoms with van der Waals surface area (Å²) in [7, 11) is 2.03. The molecule has 0 bridgehead atoms. The van der Waals surface area contributed by atoms with Gasteiger partial charge in [0.05, 0.1) is 6.04 Å². The van der Waals surface area contributed by atoms with Gasteiger partial charge in [-0.1, -0.05) is 6.07 Å². The lowest BCUT2D eigenvalue weighted by Gasteiger charge is -2.15. The maximum Gasteiger partial charge on any atom is 0.0683 e. The predicted octanol–water partition coefficient (Wildman–Crippen LogP) is 3.64. The van der Waals surface area contributed by atoms with Crippen molar-refractivity contribution in [1.82, 2.24) is 10.3 Å². The van der Waals surface area contributed by atoms with Gasteiger partial charge in [0.1, 0.15) is 0 Å². The Bertz CT molecular complexity index is 550. The summed E-state index contributed by atoms with van der Waals surface area (Å²) >= 11 is 1.98. The summed E-state index contributed by atoms with van der Waals surface area (Å²) in [5.74, 6) is 0. The number of rotatable bonds is 3. The van der Waals surface area contributed by atoms with Crippen LogP contribution >= 0.6 is 11.3 Å². The molecule has 2 aromatic heterocycles. The maximum atomic E-state index is 4.33. The zero-order valence-electron chi connectivity index (χ0n) is 11.6. The molecule has 1 N–H and O–H groups in total. The van der Waals surface area contributed by atoms with E-state index in [0.717, 1.165) is 0 Å². The van der Waals surface area contributed by atoms with Crippen molar-refractivity contribution in [2.75, 3.05) is 7.05 Å². The topological polar surface area (TPSA) is 24.9 Å². The second-order valence-corrected chi connectivity index (χ2v) is 6.49. The van der Waals surface area contributed by atoms with Gasteiger partial charge in [0, 0.05) is 22.1 Å². The van der Waals surface area contributed by atoms with Crippen LogP contribution in [-0.4, -0.2) is 12.0 Å². The van der Waals surface area contributed by atoms with Crippen molar-refractivity contribution < 1.29 is 0 Å². The molecule has 0 aromatic carbocycles. The van der Waals surface area contributed by atoms with Crippen LogP contribution in [0, 0.1) is 6.92 Å². The Morgan fingerprint density at radius 3 is 2.79 bits per heavy atom. The smallest absolute Gasteiger partial charge is 0.0683 e. The number of hydrogen-bond donors (Lipinski definition) is 1. The van der Waals surface area contributed by atoms with E-state index in [-0.39, 0.29) is 6.04 Å². The molecular formula is C16H20N2S. The zero-order chi connectivity index (χ0) is 13.2. The van der Waals surface area contributed by atoms with Crippen LogP contribution < -0.4 is 5.32 Å². The summed E-state index contributed by atoms with van der Waals surface area (Å²) in [5, 5.41) is 3.44. The van der Waals surface area contributed by atoms with Gasteiger partial charge in [-0.25, -0.2) is 0 Å². The zero-order valence-corrected chi connectivity index (χ0v) is 12.4. The Morgan fingerprint density at radius 1 is 1.21 bits per heavy atom. The van der Waals surface area contributed by atoms with E-state index >= 15 is 0 Å². The highest BCUT2D eigenvalue weighted by atomic mass is 32.1. The fraction of sp³-hybridized carbons (Fsp3) is 0.438. The van der Waals surface area contributed by atoms with Gasteiger partial charge in [-0.2, -0.15) is 0 Å². The molecule has 1 aliphatic rings. The molecule has 0 saturated carbocycles. The molecule has 2 nitrogen and oxygen atoms in total. The summed E-state index contributed by atoms with van der Waals surface area (Å²) in [5.41, 5.74) is 4.06. The number of hydrogen-bond acceptors (Lipinski definition) is 3. The minimum Gasteiger partial charge on any atom is -0.309 e. The van der Waals surface area contributed by atoms with Crippen molar-refractivity contribution in [3.05, 3.63) is 51.0 Å². The molecule has 0 radical (unpaired) electrons. The molecular weight excluding hydrogens is 252 g/mol. The van der Waals surface area contributed by atoms with Crippen LogP contribution in [0.15, 0.2) is 24.5 Å². The van der Waals surface area contributed by atoms with Gasteiger partial charge in [-0.05, 0) is 62.4 Å².